The van der Waals surface area contributed by atoms with Crippen LogP contribution in [0.4, 0.5) is 0 Å². The quantitative estimate of drug-likeness (QED) is 0.911. The van der Waals surface area contributed by atoms with Gasteiger partial charge in [0.1, 0.15) is 5.65 Å². The van der Waals surface area contributed by atoms with E-state index in [1.807, 2.05) is 6.07 Å². The van der Waals surface area contributed by atoms with Gasteiger partial charge in [-0.3, -0.25) is 0 Å². The van der Waals surface area contributed by atoms with Crippen molar-refractivity contribution in [1.29, 1.82) is 0 Å². The fraction of sp³-hybridized carbons (Fsp3) is 0.533. The van der Waals surface area contributed by atoms with Gasteiger partial charge < -0.3 is 14.6 Å². The van der Waals surface area contributed by atoms with Crippen molar-refractivity contribution in [2.24, 2.45) is 0 Å². The number of fused-ring (bicyclic) bond motifs is 1. The zero-order valence-corrected chi connectivity index (χ0v) is 11.8. The van der Waals surface area contributed by atoms with Crippen LogP contribution in [-0.2, 0) is 6.54 Å². The van der Waals surface area contributed by atoms with Crippen LogP contribution >= 0.6 is 0 Å². The largest absolute Gasteiger partial charge is 0.308 e. The molecule has 1 saturated heterocycles. The fourth-order valence-corrected chi connectivity index (χ4v) is 2.83. The Labute approximate surface area is 114 Å². The lowest BCUT2D eigenvalue weighted by atomic mass is 10.1. The van der Waals surface area contributed by atoms with E-state index in [0.29, 0.717) is 6.04 Å². The topological polar surface area (TPSA) is 32.6 Å². The Kier molecular flexibility index (Phi) is 3.53. The average Bonchev–Trinajstić information content (AvgIpc) is 2.74. The third-order valence-corrected chi connectivity index (χ3v) is 4.11. The van der Waals surface area contributed by atoms with E-state index >= 15 is 0 Å². The van der Waals surface area contributed by atoms with Gasteiger partial charge >= 0.3 is 0 Å². The molecule has 0 spiro atoms. The number of nitrogens with zero attached hydrogens (tertiary/aromatic N) is 3. The predicted octanol–water partition coefficient (Wildman–Crippen LogP) is 1.83. The molecule has 19 heavy (non-hydrogen) atoms. The number of piperidine rings is 1. The maximum Gasteiger partial charge on any atom is 0.137 e. The first-order valence-electron chi connectivity index (χ1n) is 7.08. The molecule has 0 radical (unpaired) electrons. The highest BCUT2D eigenvalue weighted by atomic mass is 15.1. The molecule has 4 heteroatoms. The van der Waals surface area contributed by atoms with E-state index < -0.39 is 0 Å². The smallest absolute Gasteiger partial charge is 0.137 e. The second-order valence-electron chi connectivity index (χ2n) is 5.53. The third-order valence-electron chi connectivity index (χ3n) is 4.11. The number of pyridine rings is 1. The lowest BCUT2D eigenvalue weighted by Gasteiger charge is -2.29. The van der Waals surface area contributed by atoms with E-state index in [2.05, 4.69) is 51.9 Å². The number of nitrogens with one attached hydrogen (secondary N) is 1. The van der Waals surface area contributed by atoms with Gasteiger partial charge in [-0.2, -0.15) is 0 Å². The molecule has 0 bridgehead atoms. The number of likely N-dealkylation sites (tertiary alicyclic amines) is 1. The summed E-state index contributed by atoms with van der Waals surface area (Å²) in [6, 6.07) is 6.81. The average molecular weight is 258 g/mol. The van der Waals surface area contributed by atoms with Crippen molar-refractivity contribution in [1.82, 2.24) is 19.6 Å². The number of hydrogen-bond acceptors (Lipinski definition) is 3. The summed E-state index contributed by atoms with van der Waals surface area (Å²) in [5, 5.41) is 3.69. The van der Waals surface area contributed by atoms with Gasteiger partial charge in [0.15, 0.2) is 0 Å². The van der Waals surface area contributed by atoms with E-state index in [1.54, 1.807) is 0 Å². The van der Waals surface area contributed by atoms with Crippen LogP contribution in [0, 0.1) is 6.92 Å². The molecule has 2 aromatic heterocycles. The first-order valence-corrected chi connectivity index (χ1v) is 7.08. The summed E-state index contributed by atoms with van der Waals surface area (Å²) in [5.74, 6) is 0. The summed E-state index contributed by atoms with van der Waals surface area (Å²) in [4.78, 5) is 7.00. The van der Waals surface area contributed by atoms with Crippen molar-refractivity contribution in [2.75, 3.05) is 20.1 Å². The summed E-state index contributed by atoms with van der Waals surface area (Å²) in [7, 11) is 2.20. The molecule has 2 aromatic rings. The molecule has 1 aliphatic heterocycles. The molecule has 102 valence electrons. The van der Waals surface area contributed by atoms with Crippen LogP contribution in [0.1, 0.15) is 24.2 Å². The standard InChI is InChI=1S/C15H22N4/c1-12-14(19-8-4-3-5-15(19)17-12)11-16-13-6-9-18(2)10-7-13/h3-5,8,13,16H,6-7,9-11H2,1-2H3. The second-order valence-corrected chi connectivity index (χ2v) is 5.53. The maximum absolute atomic E-state index is 4.60. The van der Waals surface area contributed by atoms with E-state index in [4.69, 9.17) is 0 Å². The van der Waals surface area contributed by atoms with Crippen LogP contribution in [0.25, 0.3) is 5.65 Å². The van der Waals surface area contributed by atoms with Gasteiger partial charge in [0.2, 0.25) is 0 Å². The van der Waals surface area contributed by atoms with Crippen molar-refractivity contribution in [3.63, 3.8) is 0 Å². The van der Waals surface area contributed by atoms with E-state index in [0.717, 1.165) is 17.9 Å². The van der Waals surface area contributed by atoms with Gasteiger partial charge in [0.25, 0.3) is 0 Å². The monoisotopic (exact) mass is 258 g/mol. The lowest BCUT2D eigenvalue weighted by Crippen LogP contribution is -2.40. The number of imidazole rings is 1. The lowest BCUT2D eigenvalue weighted by molar-refractivity contribution is 0.233. The van der Waals surface area contributed by atoms with Gasteiger partial charge in [-0.15, -0.1) is 0 Å². The minimum Gasteiger partial charge on any atom is -0.308 e. The minimum absolute atomic E-state index is 0.643. The Bertz CT molecular complexity index is 552. The summed E-state index contributed by atoms with van der Waals surface area (Å²) in [6.07, 6.45) is 4.58. The summed E-state index contributed by atoms with van der Waals surface area (Å²) >= 11 is 0. The van der Waals surface area contributed by atoms with Crippen molar-refractivity contribution >= 4 is 5.65 Å². The Balaban J connectivity index is 1.70. The van der Waals surface area contributed by atoms with E-state index in [9.17, 15) is 0 Å². The number of aromatic nitrogens is 2. The van der Waals surface area contributed by atoms with E-state index in [1.165, 1.54) is 31.6 Å². The highest BCUT2D eigenvalue weighted by molar-refractivity contribution is 5.42. The molecule has 3 heterocycles. The van der Waals surface area contributed by atoms with Gasteiger partial charge in [0, 0.05) is 18.8 Å². The molecule has 1 fully saturated rings. The first-order chi connectivity index (χ1) is 9.24. The highest BCUT2D eigenvalue weighted by Gasteiger charge is 2.17. The second kappa shape index (κ2) is 5.31. The molecule has 0 amide bonds. The molecule has 4 nitrogen and oxygen atoms in total. The van der Waals surface area contributed by atoms with Crippen molar-refractivity contribution < 1.29 is 0 Å². The van der Waals surface area contributed by atoms with Crippen LogP contribution < -0.4 is 5.32 Å². The van der Waals surface area contributed by atoms with Gasteiger partial charge in [-0.25, -0.2) is 4.98 Å². The summed E-state index contributed by atoms with van der Waals surface area (Å²) < 4.78 is 2.19. The number of hydrogen-bond donors (Lipinski definition) is 1. The zero-order valence-electron chi connectivity index (χ0n) is 11.8. The van der Waals surface area contributed by atoms with E-state index in [-0.39, 0.29) is 0 Å². The van der Waals surface area contributed by atoms with Crippen LogP contribution in [0.3, 0.4) is 0 Å². The van der Waals surface area contributed by atoms with Crippen molar-refractivity contribution in [3.8, 4) is 0 Å². The van der Waals surface area contributed by atoms with Crippen LogP contribution in [0.5, 0.6) is 0 Å². The Morgan fingerprint density at radius 2 is 2.11 bits per heavy atom. The molecular weight excluding hydrogens is 236 g/mol. The molecule has 0 atom stereocenters. The molecule has 0 unspecified atom stereocenters. The van der Waals surface area contributed by atoms with Gasteiger partial charge in [-0.1, -0.05) is 6.07 Å². The highest BCUT2D eigenvalue weighted by Crippen LogP contribution is 2.13. The summed E-state index contributed by atoms with van der Waals surface area (Å²) in [5.41, 5.74) is 3.46. The molecule has 3 rings (SSSR count). The first kappa shape index (κ1) is 12.6. The minimum atomic E-state index is 0.643. The van der Waals surface area contributed by atoms with Gasteiger partial charge in [0.05, 0.1) is 11.4 Å². The van der Waals surface area contributed by atoms with Gasteiger partial charge in [-0.05, 0) is 52.0 Å². The molecule has 0 aromatic carbocycles. The van der Waals surface area contributed by atoms with Crippen LogP contribution in [0.2, 0.25) is 0 Å². The predicted molar refractivity (Wildman–Crippen MR) is 77.3 cm³/mol. The fourth-order valence-electron chi connectivity index (χ4n) is 2.83. The molecule has 0 aliphatic carbocycles. The third kappa shape index (κ3) is 2.65. The van der Waals surface area contributed by atoms with Crippen LogP contribution in [-0.4, -0.2) is 40.5 Å². The normalized spacial score (nSPS) is 18.2. The Hall–Kier alpha value is -1.39. The van der Waals surface area contributed by atoms with Crippen LogP contribution in [0.15, 0.2) is 24.4 Å². The van der Waals surface area contributed by atoms with Crippen molar-refractivity contribution in [3.05, 3.63) is 35.8 Å². The molecule has 1 N–H and O–H groups in total. The Morgan fingerprint density at radius 3 is 2.89 bits per heavy atom. The van der Waals surface area contributed by atoms with Crippen molar-refractivity contribution in [2.45, 2.75) is 32.4 Å². The SMILES string of the molecule is Cc1nc2ccccn2c1CNC1CCN(C)CC1. The maximum atomic E-state index is 4.60. The molecular formula is C15H22N4. The zero-order chi connectivity index (χ0) is 13.2. The molecule has 0 saturated carbocycles. The summed E-state index contributed by atoms with van der Waals surface area (Å²) in [6.45, 7) is 5.40. The Morgan fingerprint density at radius 1 is 1.32 bits per heavy atom. The number of rotatable bonds is 3. The molecule has 1 aliphatic rings. The number of aryl methyl sites for hydroxylation is 1.